The molecule has 3 heteroatoms. The minimum atomic E-state index is 0.596. The lowest BCUT2D eigenvalue weighted by Crippen LogP contribution is -2.21. The lowest BCUT2D eigenvalue weighted by Gasteiger charge is -2.12. The predicted octanol–water partition coefficient (Wildman–Crippen LogP) is 7.28. The smallest absolute Gasteiger partial charge is 0.0711 e. The van der Waals surface area contributed by atoms with Gasteiger partial charge in [-0.2, -0.15) is 0 Å². The van der Waals surface area contributed by atoms with Crippen LogP contribution in [0.1, 0.15) is 123 Å². The summed E-state index contributed by atoms with van der Waals surface area (Å²) in [6.45, 7) is 5.56. The summed E-state index contributed by atoms with van der Waals surface area (Å²) in [5.74, 6) is 0. The normalized spacial score (nSPS) is 11.5. The van der Waals surface area contributed by atoms with E-state index in [1.165, 1.54) is 96.3 Å². The maximum absolute atomic E-state index is 9.29. The second kappa shape index (κ2) is 20.9. The highest BCUT2D eigenvalue weighted by atomic mass is 16.9. The van der Waals surface area contributed by atoms with Crippen LogP contribution in [0, 0.1) is 0 Å². The minimum absolute atomic E-state index is 0.596. The predicted molar refractivity (Wildman–Crippen MR) is 104 cm³/mol. The SMILES string of the molecule is CCCCCCCCCCCCCCCCCCON(O)CCC. The molecule has 0 radical (unpaired) electrons. The monoisotopic (exact) mass is 343 g/mol. The molecule has 24 heavy (non-hydrogen) atoms. The number of nitrogens with zero attached hydrogens (tertiary/aromatic N) is 1. The van der Waals surface area contributed by atoms with E-state index in [0.29, 0.717) is 13.2 Å². The molecule has 0 aromatic heterocycles. The van der Waals surface area contributed by atoms with Crippen molar-refractivity contribution in [2.45, 2.75) is 123 Å². The molecule has 0 heterocycles. The molecule has 0 fully saturated rings. The van der Waals surface area contributed by atoms with E-state index < -0.39 is 0 Å². The largest absolute Gasteiger partial charge is 0.290 e. The van der Waals surface area contributed by atoms with Crippen LogP contribution in [0.25, 0.3) is 0 Å². The quantitative estimate of drug-likeness (QED) is 0.186. The van der Waals surface area contributed by atoms with Gasteiger partial charge >= 0.3 is 0 Å². The molecule has 0 atom stereocenters. The topological polar surface area (TPSA) is 32.7 Å². The summed E-state index contributed by atoms with van der Waals surface area (Å²) in [6.07, 6.45) is 23.0. The first-order chi connectivity index (χ1) is 11.8. The maximum Gasteiger partial charge on any atom is 0.0711 e. The van der Waals surface area contributed by atoms with Crippen LogP contribution in [0.4, 0.5) is 0 Å². The third-order valence-electron chi connectivity index (χ3n) is 4.65. The Bertz CT molecular complexity index is 224. The van der Waals surface area contributed by atoms with Gasteiger partial charge in [-0.3, -0.25) is 10.0 Å². The van der Waals surface area contributed by atoms with Gasteiger partial charge in [0.25, 0.3) is 0 Å². The lowest BCUT2D eigenvalue weighted by atomic mass is 10.0. The molecular formula is C21H45NO2. The van der Waals surface area contributed by atoms with E-state index in [0.717, 1.165) is 18.1 Å². The van der Waals surface area contributed by atoms with E-state index in [9.17, 15) is 5.21 Å². The molecule has 0 bridgehead atoms. The number of unbranched alkanes of at least 4 members (excludes halogenated alkanes) is 15. The molecule has 0 amide bonds. The lowest BCUT2D eigenvalue weighted by molar-refractivity contribution is -0.340. The van der Waals surface area contributed by atoms with Crippen LogP contribution in [-0.2, 0) is 4.84 Å². The van der Waals surface area contributed by atoms with Gasteiger partial charge in [0.15, 0.2) is 0 Å². The fraction of sp³-hybridized carbons (Fsp3) is 1.00. The molecule has 1 N–H and O–H groups in total. The summed E-state index contributed by atoms with van der Waals surface area (Å²) >= 11 is 0. The van der Waals surface area contributed by atoms with Crippen LogP contribution in [0.2, 0.25) is 0 Å². The molecule has 0 aliphatic rings. The third kappa shape index (κ3) is 19.9. The summed E-state index contributed by atoms with van der Waals surface area (Å²) < 4.78 is 0. The van der Waals surface area contributed by atoms with Gasteiger partial charge in [0.1, 0.15) is 0 Å². The van der Waals surface area contributed by atoms with Crippen LogP contribution in [-0.4, -0.2) is 23.6 Å². The highest BCUT2D eigenvalue weighted by molar-refractivity contribution is 4.49. The van der Waals surface area contributed by atoms with Crippen molar-refractivity contribution in [1.29, 1.82) is 0 Å². The van der Waals surface area contributed by atoms with Crippen molar-refractivity contribution in [2.75, 3.05) is 13.2 Å². The summed E-state index contributed by atoms with van der Waals surface area (Å²) in [5, 5.41) is 10.3. The molecule has 0 unspecified atom stereocenters. The van der Waals surface area contributed by atoms with Crippen molar-refractivity contribution >= 4 is 0 Å². The Morgan fingerprint density at radius 1 is 0.542 bits per heavy atom. The van der Waals surface area contributed by atoms with E-state index in [1.54, 1.807) is 0 Å². The highest BCUT2D eigenvalue weighted by Gasteiger charge is 1.98. The second-order valence-corrected chi connectivity index (χ2v) is 7.21. The van der Waals surface area contributed by atoms with Gasteiger partial charge in [0, 0.05) is 0 Å². The van der Waals surface area contributed by atoms with Crippen molar-refractivity contribution in [3.63, 3.8) is 0 Å². The van der Waals surface area contributed by atoms with Gasteiger partial charge in [-0.25, -0.2) is 0 Å². The molecule has 146 valence electrons. The average Bonchev–Trinajstić information content (AvgIpc) is 2.58. The zero-order valence-electron chi connectivity index (χ0n) is 16.7. The molecule has 0 rings (SSSR count). The second-order valence-electron chi connectivity index (χ2n) is 7.21. The molecule has 0 aliphatic heterocycles. The van der Waals surface area contributed by atoms with Gasteiger partial charge in [-0.1, -0.05) is 115 Å². The molecule has 0 aliphatic carbocycles. The molecular weight excluding hydrogens is 298 g/mol. The van der Waals surface area contributed by atoms with Crippen molar-refractivity contribution in [3.8, 4) is 0 Å². The van der Waals surface area contributed by atoms with Gasteiger partial charge in [0.2, 0.25) is 0 Å². The Morgan fingerprint density at radius 3 is 1.29 bits per heavy atom. The van der Waals surface area contributed by atoms with Crippen LogP contribution in [0.15, 0.2) is 0 Å². The zero-order chi connectivity index (χ0) is 17.7. The summed E-state index contributed by atoms with van der Waals surface area (Å²) in [7, 11) is 0. The van der Waals surface area contributed by atoms with Crippen molar-refractivity contribution in [3.05, 3.63) is 0 Å². The van der Waals surface area contributed by atoms with Gasteiger partial charge in [-0.15, -0.1) is 0 Å². The van der Waals surface area contributed by atoms with Crippen molar-refractivity contribution in [2.24, 2.45) is 0 Å². The van der Waals surface area contributed by atoms with Crippen molar-refractivity contribution < 1.29 is 10.0 Å². The standard InChI is InChI=1S/C21H45NO2/c1-3-5-6-7-8-9-10-11-12-13-14-15-16-17-18-19-21-24-22(23)20-4-2/h23H,3-21H2,1-2H3. The minimum Gasteiger partial charge on any atom is -0.290 e. The molecule has 0 saturated heterocycles. The molecule has 0 spiro atoms. The summed E-state index contributed by atoms with van der Waals surface area (Å²) in [6, 6.07) is 0. The summed E-state index contributed by atoms with van der Waals surface area (Å²) in [4.78, 5) is 5.19. The zero-order valence-corrected chi connectivity index (χ0v) is 16.7. The maximum atomic E-state index is 9.29. The first-order valence-corrected chi connectivity index (χ1v) is 10.9. The van der Waals surface area contributed by atoms with Gasteiger partial charge in [-0.05, 0) is 12.8 Å². The fourth-order valence-corrected chi connectivity index (χ4v) is 3.08. The molecule has 0 aromatic carbocycles. The van der Waals surface area contributed by atoms with Gasteiger partial charge < -0.3 is 0 Å². The number of hydrogen-bond acceptors (Lipinski definition) is 3. The molecule has 0 saturated carbocycles. The Labute approximate surface area is 152 Å². The number of hydroxylamine groups is 2. The van der Waals surface area contributed by atoms with Crippen LogP contribution in [0.5, 0.6) is 0 Å². The van der Waals surface area contributed by atoms with Crippen LogP contribution >= 0.6 is 0 Å². The fourth-order valence-electron chi connectivity index (χ4n) is 3.08. The Hall–Kier alpha value is -0.120. The van der Waals surface area contributed by atoms with E-state index in [1.807, 2.05) is 6.92 Å². The van der Waals surface area contributed by atoms with Crippen LogP contribution in [0.3, 0.4) is 0 Å². The number of rotatable bonds is 20. The Morgan fingerprint density at radius 2 is 0.917 bits per heavy atom. The van der Waals surface area contributed by atoms with E-state index in [2.05, 4.69) is 6.92 Å². The van der Waals surface area contributed by atoms with Gasteiger partial charge in [0.05, 0.1) is 13.2 Å². The first kappa shape index (κ1) is 23.9. The highest BCUT2D eigenvalue weighted by Crippen LogP contribution is 2.13. The molecule has 3 nitrogen and oxygen atoms in total. The van der Waals surface area contributed by atoms with E-state index in [4.69, 9.17) is 4.84 Å². The third-order valence-corrected chi connectivity index (χ3v) is 4.65. The summed E-state index contributed by atoms with van der Waals surface area (Å²) in [5.41, 5.74) is 0. The van der Waals surface area contributed by atoms with Crippen molar-refractivity contribution in [1.82, 2.24) is 5.23 Å². The average molecular weight is 344 g/mol. The number of hydrogen-bond donors (Lipinski definition) is 1. The van der Waals surface area contributed by atoms with E-state index >= 15 is 0 Å². The Kier molecular flexibility index (Phi) is 20.8. The molecule has 0 aromatic rings. The van der Waals surface area contributed by atoms with E-state index in [-0.39, 0.29) is 0 Å². The Balaban J connectivity index is 3.00. The first-order valence-electron chi connectivity index (χ1n) is 10.9. The van der Waals surface area contributed by atoms with Crippen LogP contribution < -0.4 is 0 Å².